The second-order valence-electron chi connectivity index (χ2n) is 2.83. The first kappa shape index (κ1) is 6.35. The fraction of sp³-hybridized carbons (Fsp3) is 0.571. The summed E-state index contributed by atoms with van der Waals surface area (Å²) in [5.74, 6) is 0.240. The monoisotopic (exact) mass is 148 g/mol. The van der Waals surface area contributed by atoms with E-state index in [0.717, 1.165) is 12.8 Å². The molecule has 0 atom stereocenters. The molecule has 1 aliphatic carbocycles. The molecule has 1 aromatic heterocycles. The fourth-order valence-electron chi connectivity index (χ4n) is 1.32. The summed E-state index contributed by atoms with van der Waals surface area (Å²) in [7, 11) is 0. The van der Waals surface area contributed by atoms with Gasteiger partial charge in [0.2, 0.25) is 0 Å². The first-order chi connectivity index (χ1) is 5.40. The smallest absolute Gasteiger partial charge is 0.0693 e. The maximum atomic E-state index is 8.51. The summed E-state index contributed by atoms with van der Waals surface area (Å²) in [6.07, 6.45) is 5.37. The van der Waals surface area contributed by atoms with Gasteiger partial charge in [0, 0.05) is 6.20 Å². The van der Waals surface area contributed by atoms with Gasteiger partial charge < -0.3 is 0 Å². The van der Waals surface area contributed by atoms with Gasteiger partial charge in [-0.1, -0.05) is 5.21 Å². The van der Waals surface area contributed by atoms with E-state index in [1.807, 2.05) is 10.9 Å². The van der Waals surface area contributed by atoms with Gasteiger partial charge in [0.05, 0.1) is 24.2 Å². The highest BCUT2D eigenvalue weighted by Crippen LogP contribution is 2.36. The van der Waals surface area contributed by atoms with Gasteiger partial charge in [0.1, 0.15) is 0 Å². The van der Waals surface area contributed by atoms with E-state index < -0.39 is 0 Å². The van der Waals surface area contributed by atoms with Crippen molar-refractivity contribution in [2.45, 2.75) is 18.9 Å². The molecule has 0 N–H and O–H groups in total. The zero-order valence-electron chi connectivity index (χ0n) is 6.01. The molecule has 4 heteroatoms. The second kappa shape index (κ2) is 2.35. The Labute approximate surface area is 64.4 Å². The van der Waals surface area contributed by atoms with E-state index in [9.17, 15) is 0 Å². The van der Waals surface area contributed by atoms with Crippen LogP contribution in [-0.2, 0) is 0 Å². The predicted molar refractivity (Wildman–Crippen MR) is 37.4 cm³/mol. The Morgan fingerprint density at radius 1 is 1.55 bits per heavy atom. The maximum absolute atomic E-state index is 8.51. The molecule has 0 spiro atoms. The van der Waals surface area contributed by atoms with Gasteiger partial charge in [-0.25, -0.2) is 4.68 Å². The lowest BCUT2D eigenvalue weighted by molar-refractivity contribution is 0.226. The first-order valence-corrected chi connectivity index (χ1v) is 3.65. The van der Waals surface area contributed by atoms with Crippen LogP contribution in [0.25, 0.3) is 0 Å². The summed E-state index contributed by atoms with van der Waals surface area (Å²) in [4.78, 5) is 0. The molecule has 1 saturated carbocycles. The van der Waals surface area contributed by atoms with Crippen molar-refractivity contribution in [3.05, 3.63) is 12.4 Å². The van der Waals surface area contributed by atoms with E-state index in [-0.39, 0.29) is 5.92 Å². The molecule has 1 heterocycles. The van der Waals surface area contributed by atoms with Gasteiger partial charge >= 0.3 is 0 Å². The molecule has 4 nitrogen and oxygen atoms in total. The van der Waals surface area contributed by atoms with Crippen LogP contribution >= 0.6 is 0 Å². The minimum absolute atomic E-state index is 0.240. The maximum Gasteiger partial charge on any atom is 0.0693 e. The van der Waals surface area contributed by atoms with Crippen molar-refractivity contribution in [3.63, 3.8) is 0 Å². The summed E-state index contributed by atoms with van der Waals surface area (Å²) in [5.41, 5.74) is 0. The van der Waals surface area contributed by atoms with Gasteiger partial charge in [0.25, 0.3) is 0 Å². The van der Waals surface area contributed by atoms with Crippen LogP contribution in [0.15, 0.2) is 12.4 Å². The Kier molecular flexibility index (Phi) is 1.35. The Hall–Kier alpha value is -1.37. The molecule has 0 radical (unpaired) electrons. The second-order valence-corrected chi connectivity index (χ2v) is 2.83. The summed E-state index contributed by atoms with van der Waals surface area (Å²) >= 11 is 0. The van der Waals surface area contributed by atoms with Crippen LogP contribution < -0.4 is 0 Å². The molecule has 1 aromatic rings. The van der Waals surface area contributed by atoms with Gasteiger partial charge in [-0.2, -0.15) is 5.26 Å². The van der Waals surface area contributed by atoms with Crippen LogP contribution in [0.3, 0.4) is 0 Å². The third kappa shape index (κ3) is 0.984. The summed E-state index contributed by atoms with van der Waals surface area (Å²) in [6.45, 7) is 0. The van der Waals surface area contributed by atoms with E-state index in [1.54, 1.807) is 6.20 Å². The number of nitriles is 1. The molecular formula is C7H8N4. The largest absolute Gasteiger partial charge is 0.249 e. The minimum Gasteiger partial charge on any atom is -0.249 e. The highest BCUT2D eigenvalue weighted by Gasteiger charge is 2.30. The van der Waals surface area contributed by atoms with E-state index in [4.69, 9.17) is 5.26 Å². The molecular weight excluding hydrogens is 140 g/mol. The summed E-state index contributed by atoms with van der Waals surface area (Å²) in [6, 6.07) is 2.65. The first-order valence-electron chi connectivity index (χ1n) is 3.65. The average molecular weight is 148 g/mol. The van der Waals surface area contributed by atoms with Crippen LogP contribution in [0.5, 0.6) is 0 Å². The van der Waals surface area contributed by atoms with Gasteiger partial charge in [-0.3, -0.25) is 0 Å². The average Bonchev–Trinajstić information content (AvgIpc) is 2.37. The number of hydrogen-bond donors (Lipinski definition) is 0. The number of hydrogen-bond acceptors (Lipinski definition) is 3. The number of nitrogens with zero attached hydrogens (tertiary/aromatic N) is 4. The van der Waals surface area contributed by atoms with Crippen LogP contribution in [0.1, 0.15) is 18.9 Å². The highest BCUT2D eigenvalue weighted by molar-refractivity contribution is 4.96. The van der Waals surface area contributed by atoms with Crippen molar-refractivity contribution in [1.29, 1.82) is 5.26 Å². The fourth-order valence-corrected chi connectivity index (χ4v) is 1.32. The SMILES string of the molecule is N#C[C@H]1C[C@@H](n2ccnn2)C1. The number of aromatic nitrogens is 3. The van der Waals surface area contributed by atoms with Crippen molar-refractivity contribution < 1.29 is 0 Å². The molecule has 0 amide bonds. The lowest BCUT2D eigenvalue weighted by atomic mass is 9.81. The third-order valence-electron chi connectivity index (χ3n) is 2.11. The van der Waals surface area contributed by atoms with E-state index in [1.165, 1.54) is 0 Å². The highest BCUT2D eigenvalue weighted by atomic mass is 15.4. The summed E-state index contributed by atoms with van der Waals surface area (Å²) < 4.78 is 1.83. The molecule has 11 heavy (non-hydrogen) atoms. The Bertz CT molecular complexity index is 265. The molecule has 0 bridgehead atoms. The molecule has 0 aliphatic heterocycles. The topological polar surface area (TPSA) is 54.5 Å². The van der Waals surface area contributed by atoms with Crippen LogP contribution in [0.4, 0.5) is 0 Å². The zero-order chi connectivity index (χ0) is 7.68. The van der Waals surface area contributed by atoms with Crippen molar-refractivity contribution in [1.82, 2.24) is 15.0 Å². The molecule has 1 fully saturated rings. The minimum atomic E-state index is 0.240. The zero-order valence-corrected chi connectivity index (χ0v) is 6.01. The molecule has 2 rings (SSSR count). The van der Waals surface area contributed by atoms with Crippen molar-refractivity contribution in [2.24, 2.45) is 5.92 Å². The van der Waals surface area contributed by atoms with Crippen molar-refractivity contribution >= 4 is 0 Å². The summed E-state index contributed by atoms with van der Waals surface area (Å²) in [5, 5.41) is 16.1. The van der Waals surface area contributed by atoms with Crippen LogP contribution in [0.2, 0.25) is 0 Å². The van der Waals surface area contributed by atoms with Crippen molar-refractivity contribution in [2.75, 3.05) is 0 Å². The standard InChI is InChI=1S/C7H8N4/c8-5-6-3-7(4-6)11-2-1-9-10-11/h1-2,6-7H,3-4H2/t6-,7+. The normalized spacial score (nSPS) is 29.0. The van der Waals surface area contributed by atoms with Crippen LogP contribution in [0, 0.1) is 17.2 Å². The third-order valence-corrected chi connectivity index (χ3v) is 2.11. The molecule has 1 aliphatic rings. The molecule has 0 unspecified atom stereocenters. The molecule has 56 valence electrons. The van der Waals surface area contributed by atoms with Crippen LogP contribution in [-0.4, -0.2) is 15.0 Å². The Morgan fingerprint density at radius 3 is 2.91 bits per heavy atom. The lowest BCUT2D eigenvalue weighted by Gasteiger charge is -2.29. The Morgan fingerprint density at radius 2 is 2.36 bits per heavy atom. The van der Waals surface area contributed by atoms with E-state index >= 15 is 0 Å². The number of rotatable bonds is 1. The predicted octanol–water partition coefficient (Wildman–Crippen LogP) is 0.753. The lowest BCUT2D eigenvalue weighted by Crippen LogP contribution is -2.26. The Balaban J connectivity index is 1.99. The van der Waals surface area contributed by atoms with E-state index in [2.05, 4.69) is 16.4 Å². The van der Waals surface area contributed by atoms with Gasteiger partial charge in [-0.05, 0) is 12.8 Å². The van der Waals surface area contributed by atoms with Crippen molar-refractivity contribution in [3.8, 4) is 6.07 Å². The molecule has 0 aromatic carbocycles. The quantitative estimate of drug-likeness (QED) is 0.590. The van der Waals surface area contributed by atoms with Gasteiger partial charge in [0.15, 0.2) is 0 Å². The van der Waals surface area contributed by atoms with E-state index in [0.29, 0.717) is 6.04 Å². The van der Waals surface area contributed by atoms with Gasteiger partial charge in [-0.15, -0.1) is 5.10 Å². The molecule has 0 saturated heterocycles.